The molecule has 2 heteroatoms. The Kier molecular flexibility index (Phi) is 5.11. The molecule has 7 unspecified atom stereocenters. The molecule has 28 heavy (non-hydrogen) atoms. The molecular formula is C26H44O2. The van der Waals surface area contributed by atoms with E-state index in [9.17, 15) is 10.2 Å². The summed E-state index contributed by atoms with van der Waals surface area (Å²) in [6.07, 6.45) is 15.8. The van der Waals surface area contributed by atoms with Gasteiger partial charge >= 0.3 is 0 Å². The minimum Gasteiger partial charge on any atom is -0.390 e. The Bertz CT molecular complexity index is 627. The van der Waals surface area contributed by atoms with E-state index in [0.717, 1.165) is 42.9 Å². The maximum absolute atomic E-state index is 10.6. The van der Waals surface area contributed by atoms with Crippen molar-refractivity contribution in [3.8, 4) is 0 Å². The maximum Gasteiger partial charge on any atom is 0.0657 e. The van der Waals surface area contributed by atoms with Crippen LogP contribution in [0.5, 0.6) is 0 Å². The molecule has 0 aromatic heterocycles. The van der Waals surface area contributed by atoms with Gasteiger partial charge in [0, 0.05) is 0 Å². The molecule has 0 aliphatic heterocycles. The molecule has 160 valence electrons. The van der Waals surface area contributed by atoms with Crippen LogP contribution in [-0.4, -0.2) is 21.4 Å². The molecule has 4 aliphatic rings. The van der Waals surface area contributed by atoms with Crippen LogP contribution in [0.25, 0.3) is 0 Å². The van der Waals surface area contributed by atoms with Gasteiger partial charge in [-0.2, -0.15) is 0 Å². The average molecular weight is 389 g/mol. The minimum absolute atomic E-state index is 0.339. The lowest BCUT2D eigenvalue weighted by Gasteiger charge is -2.59. The van der Waals surface area contributed by atoms with Crippen LogP contribution in [0.1, 0.15) is 105 Å². The second-order valence-electron chi connectivity index (χ2n) is 12.5. The van der Waals surface area contributed by atoms with Gasteiger partial charge in [0.25, 0.3) is 0 Å². The summed E-state index contributed by atoms with van der Waals surface area (Å²) < 4.78 is 0. The third-order valence-electron chi connectivity index (χ3n) is 9.92. The monoisotopic (exact) mass is 388 g/mol. The van der Waals surface area contributed by atoms with Crippen molar-refractivity contribution in [3.05, 3.63) is 11.6 Å². The highest BCUT2D eigenvalue weighted by Gasteiger charge is 2.58. The highest BCUT2D eigenvalue weighted by Crippen LogP contribution is 2.67. The molecule has 2 nitrogen and oxygen atoms in total. The van der Waals surface area contributed by atoms with E-state index >= 15 is 0 Å². The Morgan fingerprint density at radius 3 is 2.50 bits per heavy atom. The Morgan fingerprint density at radius 2 is 1.79 bits per heavy atom. The molecule has 0 heterocycles. The van der Waals surface area contributed by atoms with Crippen LogP contribution in [0.3, 0.4) is 0 Å². The van der Waals surface area contributed by atoms with Gasteiger partial charge in [-0.05, 0) is 119 Å². The fourth-order valence-electron chi connectivity index (χ4n) is 8.17. The summed E-state index contributed by atoms with van der Waals surface area (Å²) in [5.74, 6) is 3.42. The molecule has 3 saturated carbocycles. The summed E-state index contributed by atoms with van der Waals surface area (Å²) in [6, 6.07) is 0. The van der Waals surface area contributed by atoms with Crippen molar-refractivity contribution in [1.29, 1.82) is 0 Å². The highest BCUT2D eigenvalue weighted by molar-refractivity contribution is 5.26. The molecule has 4 aliphatic carbocycles. The number of rotatable bonds is 4. The number of hydrogen-bond donors (Lipinski definition) is 2. The van der Waals surface area contributed by atoms with Crippen LogP contribution in [0, 0.1) is 34.5 Å². The predicted octanol–water partition coefficient (Wildman–Crippen LogP) is 6.26. The smallest absolute Gasteiger partial charge is 0.0657 e. The van der Waals surface area contributed by atoms with Crippen molar-refractivity contribution in [2.75, 3.05) is 0 Å². The van der Waals surface area contributed by atoms with Crippen molar-refractivity contribution in [2.45, 2.75) is 116 Å². The molecule has 3 fully saturated rings. The van der Waals surface area contributed by atoms with Gasteiger partial charge in [-0.3, -0.25) is 0 Å². The van der Waals surface area contributed by atoms with Crippen LogP contribution in [0.4, 0.5) is 0 Å². The summed E-state index contributed by atoms with van der Waals surface area (Å²) in [7, 11) is 0. The van der Waals surface area contributed by atoms with E-state index < -0.39 is 11.2 Å². The zero-order valence-electron chi connectivity index (χ0n) is 19.1. The number of fused-ring (bicyclic) bond motifs is 5. The second-order valence-corrected chi connectivity index (χ2v) is 12.5. The van der Waals surface area contributed by atoms with Gasteiger partial charge in [0.05, 0.1) is 11.2 Å². The molecule has 0 spiro atoms. The van der Waals surface area contributed by atoms with Crippen molar-refractivity contribution in [2.24, 2.45) is 34.5 Å². The SMILES string of the molecule is CC(C)(O)CCCC1CCC2C3CC=C4CC(C)(O)CCC4(C)C3CCC12C. The van der Waals surface area contributed by atoms with Gasteiger partial charge in [-0.25, -0.2) is 0 Å². The first-order chi connectivity index (χ1) is 12.9. The molecule has 2 N–H and O–H groups in total. The fourth-order valence-corrected chi connectivity index (χ4v) is 8.17. The van der Waals surface area contributed by atoms with Gasteiger partial charge in [0.15, 0.2) is 0 Å². The summed E-state index contributed by atoms with van der Waals surface area (Å²) >= 11 is 0. The largest absolute Gasteiger partial charge is 0.390 e. The summed E-state index contributed by atoms with van der Waals surface area (Å²) in [6.45, 7) is 11.1. The first kappa shape index (κ1) is 20.9. The summed E-state index contributed by atoms with van der Waals surface area (Å²) in [4.78, 5) is 0. The van der Waals surface area contributed by atoms with Crippen LogP contribution in [0.15, 0.2) is 11.6 Å². The standard InChI is InChI=1S/C26H44O2/c1-23(2,27)13-6-7-18-9-11-21-20-10-8-19-17-24(3,28)15-16-26(19,5)22(20)12-14-25(18,21)4/h8,18,20-22,27-28H,6-7,9-17H2,1-5H3. The van der Waals surface area contributed by atoms with Crippen molar-refractivity contribution >= 4 is 0 Å². The molecule has 0 amide bonds. The zero-order chi connectivity index (χ0) is 20.4. The van der Waals surface area contributed by atoms with Gasteiger partial charge in [-0.15, -0.1) is 0 Å². The third kappa shape index (κ3) is 3.51. The number of aliphatic hydroxyl groups is 2. The fraction of sp³-hybridized carbons (Fsp3) is 0.923. The first-order valence-corrected chi connectivity index (χ1v) is 12.1. The Labute approximate surface area is 173 Å². The predicted molar refractivity (Wildman–Crippen MR) is 116 cm³/mol. The maximum atomic E-state index is 10.6. The van der Waals surface area contributed by atoms with Crippen LogP contribution < -0.4 is 0 Å². The lowest BCUT2D eigenvalue weighted by Crippen LogP contribution is -2.51. The molecule has 0 aromatic rings. The van der Waals surface area contributed by atoms with Gasteiger partial charge in [0.1, 0.15) is 0 Å². The van der Waals surface area contributed by atoms with E-state index in [1.807, 2.05) is 20.8 Å². The molecule has 0 bridgehead atoms. The average Bonchev–Trinajstić information content (AvgIpc) is 2.91. The Hall–Kier alpha value is -0.340. The normalized spacial score (nSPS) is 48.5. The van der Waals surface area contributed by atoms with E-state index in [4.69, 9.17) is 0 Å². The lowest BCUT2D eigenvalue weighted by molar-refractivity contribution is -0.0664. The number of allylic oxidation sites excluding steroid dienone is 1. The highest BCUT2D eigenvalue weighted by atomic mass is 16.3. The zero-order valence-corrected chi connectivity index (χ0v) is 19.1. The quantitative estimate of drug-likeness (QED) is 0.558. The van der Waals surface area contributed by atoms with Crippen LogP contribution in [0.2, 0.25) is 0 Å². The molecular weight excluding hydrogens is 344 g/mol. The summed E-state index contributed by atoms with van der Waals surface area (Å²) in [5.41, 5.74) is 1.43. The minimum atomic E-state index is -0.516. The first-order valence-electron chi connectivity index (χ1n) is 12.1. The third-order valence-corrected chi connectivity index (χ3v) is 9.92. The van der Waals surface area contributed by atoms with Crippen molar-refractivity contribution in [1.82, 2.24) is 0 Å². The summed E-state index contributed by atoms with van der Waals surface area (Å²) in [5, 5.41) is 20.7. The van der Waals surface area contributed by atoms with E-state index in [0.29, 0.717) is 10.8 Å². The van der Waals surface area contributed by atoms with E-state index in [1.54, 1.807) is 5.57 Å². The molecule has 4 rings (SSSR count). The van der Waals surface area contributed by atoms with Gasteiger partial charge in [-0.1, -0.05) is 31.9 Å². The Balaban J connectivity index is 1.49. The topological polar surface area (TPSA) is 40.5 Å². The van der Waals surface area contributed by atoms with E-state index in [2.05, 4.69) is 19.9 Å². The van der Waals surface area contributed by atoms with E-state index in [1.165, 1.54) is 51.4 Å². The molecule has 7 atom stereocenters. The second kappa shape index (κ2) is 6.84. The molecule has 0 radical (unpaired) electrons. The molecule has 0 aromatic carbocycles. The van der Waals surface area contributed by atoms with Crippen molar-refractivity contribution < 1.29 is 10.2 Å². The lowest BCUT2D eigenvalue weighted by atomic mass is 9.46. The van der Waals surface area contributed by atoms with Crippen LogP contribution in [-0.2, 0) is 0 Å². The van der Waals surface area contributed by atoms with Gasteiger partial charge < -0.3 is 10.2 Å². The Morgan fingerprint density at radius 1 is 1.04 bits per heavy atom. The van der Waals surface area contributed by atoms with Gasteiger partial charge in [0.2, 0.25) is 0 Å². The molecule has 0 saturated heterocycles. The van der Waals surface area contributed by atoms with Crippen molar-refractivity contribution in [3.63, 3.8) is 0 Å². The van der Waals surface area contributed by atoms with E-state index in [-0.39, 0.29) is 0 Å². The number of hydrogen-bond acceptors (Lipinski definition) is 2. The van der Waals surface area contributed by atoms with Crippen LogP contribution >= 0.6 is 0 Å².